The van der Waals surface area contributed by atoms with Crippen LogP contribution in [-0.2, 0) is 12.6 Å². The molecule has 0 bridgehead atoms. The van der Waals surface area contributed by atoms with Gasteiger partial charge in [0.25, 0.3) is 5.91 Å². The Labute approximate surface area is 245 Å². The number of rotatable bonds is 7. The quantitative estimate of drug-likeness (QED) is 0.156. The van der Waals surface area contributed by atoms with Crippen LogP contribution in [0.2, 0.25) is 0 Å². The molecule has 0 aliphatic heterocycles. The highest BCUT2D eigenvalue weighted by Crippen LogP contribution is 2.34. The summed E-state index contributed by atoms with van der Waals surface area (Å²) in [7, 11) is 0. The number of nitrogens with one attached hydrogen (secondary N) is 2. The average molecular weight is 629 g/mol. The second kappa shape index (κ2) is 11.0. The molecule has 4 heterocycles. The topological polar surface area (TPSA) is 147 Å². The third-order valence-corrected chi connectivity index (χ3v) is 8.16. The summed E-state index contributed by atoms with van der Waals surface area (Å²) >= 11 is 1.96. The molecule has 218 valence electrons. The van der Waals surface area contributed by atoms with E-state index >= 15 is 0 Å². The average Bonchev–Trinajstić information content (AvgIpc) is 3.69. The highest BCUT2D eigenvalue weighted by atomic mass is 32.1. The number of amides is 1. The van der Waals surface area contributed by atoms with Gasteiger partial charge in [0.15, 0.2) is 6.04 Å². The van der Waals surface area contributed by atoms with Crippen LogP contribution in [0.5, 0.6) is 5.88 Å². The number of H-pyrrole nitrogens is 1. The standard InChI is InChI=1S/C27H16F4N6O4S2/c28-19-8-4-14(11-32-19)13-3-7-16-17(9-13)42-25(33-16)21(34-22(38)12-1-5-15(6-2-12)27(29,30)31)24-37-36-20(41-24)10-18-23(39)35-26(40)43-18/h1-9,11,21,39H,10H2,(H,34,38)(H,35,40). The largest absolute Gasteiger partial charge is 0.494 e. The van der Waals surface area contributed by atoms with Gasteiger partial charge in [-0.15, -0.1) is 21.5 Å². The number of aromatic hydroxyl groups is 1. The fourth-order valence-electron chi connectivity index (χ4n) is 4.11. The summed E-state index contributed by atoms with van der Waals surface area (Å²) in [5.41, 5.74) is 1.02. The maximum absolute atomic E-state index is 13.3. The van der Waals surface area contributed by atoms with E-state index in [2.05, 4.69) is 30.5 Å². The maximum atomic E-state index is 13.3. The number of nitrogens with zero attached hydrogens (tertiary/aromatic N) is 4. The summed E-state index contributed by atoms with van der Waals surface area (Å²) in [6.07, 6.45) is -3.25. The first-order valence-corrected chi connectivity index (χ1v) is 13.9. The van der Waals surface area contributed by atoms with E-state index in [1.807, 2.05) is 6.07 Å². The lowest BCUT2D eigenvalue weighted by Crippen LogP contribution is -2.29. The van der Waals surface area contributed by atoms with Gasteiger partial charge in [-0.2, -0.15) is 17.6 Å². The first-order valence-electron chi connectivity index (χ1n) is 12.3. The zero-order chi connectivity index (χ0) is 30.3. The molecule has 1 unspecified atom stereocenters. The summed E-state index contributed by atoms with van der Waals surface area (Å²) < 4.78 is 58.9. The summed E-state index contributed by atoms with van der Waals surface area (Å²) in [6.45, 7) is 0. The molecule has 0 saturated heterocycles. The van der Waals surface area contributed by atoms with E-state index in [-0.39, 0.29) is 34.5 Å². The van der Waals surface area contributed by atoms with Crippen molar-refractivity contribution in [3.63, 3.8) is 0 Å². The molecule has 0 aliphatic rings. The van der Waals surface area contributed by atoms with Gasteiger partial charge >= 0.3 is 11.0 Å². The monoisotopic (exact) mass is 628 g/mol. The van der Waals surface area contributed by atoms with Crippen molar-refractivity contribution in [3.05, 3.63) is 109 Å². The van der Waals surface area contributed by atoms with E-state index < -0.39 is 34.5 Å². The Morgan fingerprint density at radius 3 is 2.49 bits per heavy atom. The maximum Gasteiger partial charge on any atom is 0.416 e. The van der Waals surface area contributed by atoms with Gasteiger partial charge in [0.2, 0.25) is 23.6 Å². The molecule has 1 amide bonds. The highest BCUT2D eigenvalue weighted by molar-refractivity contribution is 7.18. The van der Waals surface area contributed by atoms with Crippen LogP contribution in [0, 0.1) is 5.95 Å². The van der Waals surface area contributed by atoms with Gasteiger partial charge in [0, 0.05) is 17.3 Å². The molecule has 3 N–H and O–H groups in total. The Bertz CT molecular complexity index is 2000. The Balaban J connectivity index is 1.35. The zero-order valence-corrected chi connectivity index (χ0v) is 23.0. The number of benzene rings is 2. The number of halogens is 4. The fraction of sp³-hybridized carbons (Fsp3) is 0.111. The summed E-state index contributed by atoms with van der Waals surface area (Å²) in [5, 5.41) is 20.9. The predicted molar refractivity (Wildman–Crippen MR) is 147 cm³/mol. The molecule has 0 spiro atoms. The van der Waals surface area contributed by atoms with Gasteiger partial charge in [-0.25, -0.2) is 9.97 Å². The molecular formula is C27H16F4N6O4S2. The van der Waals surface area contributed by atoms with Crippen LogP contribution in [0.1, 0.15) is 43.6 Å². The van der Waals surface area contributed by atoms with Crippen LogP contribution < -0.4 is 10.2 Å². The minimum Gasteiger partial charge on any atom is -0.494 e. The van der Waals surface area contributed by atoms with Crippen LogP contribution in [-0.4, -0.2) is 36.2 Å². The van der Waals surface area contributed by atoms with E-state index in [1.54, 1.807) is 18.2 Å². The fourth-order valence-corrected chi connectivity index (χ4v) is 5.88. The van der Waals surface area contributed by atoms with Gasteiger partial charge in [-0.1, -0.05) is 17.4 Å². The molecule has 0 saturated carbocycles. The van der Waals surface area contributed by atoms with Crippen molar-refractivity contribution in [2.75, 3.05) is 0 Å². The Morgan fingerprint density at radius 2 is 1.81 bits per heavy atom. The highest BCUT2D eigenvalue weighted by Gasteiger charge is 2.31. The first-order chi connectivity index (χ1) is 20.5. The minimum absolute atomic E-state index is 0.0292. The van der Waals surface area contributed by atoms with Gasteiger partial charge in [0.05, 0.1) is 27.1 Å². The number of aromatic amines is 1. The Kier molecular flexibility index (Phi) is 7.23. The molecule has 0 fully saturated rings. The third kappa shape index (κ3) is 6.00. The third-order valence-electron chi connectivity index (χ3n) is 6.20. The van der Waals surface area contributed by atoms with Crippen molar-refractivity contribution < 1.29 is 31.9 Å². The second-order valence-corrected chi connectivity index (χ2v) is 11.2. The van der Waals surface area contributed by atoms with Crippen molar-refractivity contribution in [2.24, 2.45) is 0 Å². The SMILES string of the molecule is O=C(NC(c1nnc(Cc2sc(=O)[nH]c2O)o1)c1nc2ccc(-c3ccc(F)nc3)cc2s1)c1ccc(C(F)(F)F)cc1. The second-order valence-electron chi connectivity index (χ2n) is 9.08. The van der Waals surface area contributed by atoms with Crippen LogP contribution in [0.3, 0.4) is 0 Å². The molecule has 6 rings (SSSR count). The van der Waals surface area contributed by atoms with Gasteiger partial charge in [-0.05, 0) is 54.1 Å². The predicted octanol–water partition coefficient (Wildman–Crippen LogP) is 5.46. The molecule has 10 nitrogen and oxygen atoms in total. The summed E-state index contributed by atoms with van der Waals surface area (Å²) in [5.74, 6) is -1.73. The van der Waals surface area contributed by atoms with Crippen LogP contribution in [0.25, 0.3) is 21.3 Å². The summed E-state index contributed by atoms with van der Waals surface area (Å²) in [6, 6.07) is 10.7. The number of aromatic nitrogens is 5. The Morgan fingerprint density at radius 1 is 1.05 bits per heavy atom. The molecule has 0 aliphatic carbocycles. The van der Waals surface area contributed by atoms with E-state index in [9.17, 15) is 32.3 Å². The van der Waals surface area contributed by atoms with Crippen molar-refractivity contribution in [2.45, 2.75) is 18.6 Å². The number of alkyl halides is 3. The minimum atomic E-state index is -4.57. The molecular weight excluding hydrogens is 612 g/mol. The molecule has 16 heteroatoms. The number of carbonyl (C=O) groups excluding carboxylic acids is 1. The molecule has 1 atom stereocenters. The number of thiazole rings is 2. The van der Waals surface area contributed by atoms with Crippen molar-refractivity contribution in [3.8, 4) is 17.0 Å². The lowest BCUT2D eigenvalue weighted by molar-refractivity contribution is -0.137. The van der Waals surface area contributed by atoms with E-state index in [0.29, 0.717) is 20.8 Å². The van der Waals surface area contributed by atoms with Crippen LogP contribution in [0.4, 0.5) is 17.6 Å². The number of hydrogen-bond donors (Lipinski definition) is 3. The number of pyridine rings is 1. The first kappa shape index (κ1) is 28.2. The van der Waals surface area contributed by atoms with E-state index in [0.717, 1.165) is 41.2 Å². The van der Waals surface area contributed by atoms with E-state index in [4.69, 9.17) is 4.42 Å². The number of carbonyl (C=O) groups is 1. The summed E-state index contributed by atoms with van der Waals surface area (Å²) in [4.78, 5) is 35.0. The van der Waals surface area contributed by atoms with E-state index in [1.165, 1.54) is 23.6 Å². The zero-order valence-electron chi connectivity index (χ0n) is 21.3. The molecule has 4 aromatic heterocycles. The number of hydrogen-bond acceptors (Lipinski definition) is 10. The lowest BCUT2D eigenvalue weighted by atomic mass is 10.1. The lowest BCUT2D eigenvalue weighted by Gasteiger charge is -2.13. The Hall–Kier alpha value is -4.96. The van der Waals surface area contributed by atoms with Crippen molar-refractivity contribution >= 4 is 38.8 Å². The molecule has 43 heavy (non-hydrogen) atoms. The normalized spacial score (nSPS) is 12.5. The van der Waals surface area contributed by atoms with Gasteiger partial charge in [-0.3, -0.25) is 14.6 Å². The molecule has 2 aromatic carbocycles. The van der Waals surface area contributed by atoms with Crippen LogP contribution >= 0.6 is 22.7 Å². The molecule has 6 aromatic rings. The van der Waals surface area contributed by atoms with Gasteiger partial charge < -0.3 is 14.8 Å². The molecule has 0 radical (unpaired) electrons. The van der Waals surface area contributed by atoms with Crippen LogP contribution in [0.15, 0.2) is 70.0 Å². The van der Waals surface area contributed by atoms with Crippen molar-refractivity contribution in [1.82, 2.24) is 30.5 Å². The van der Waals surface area contributed by atoms with Gasteiger partial charge in [0.1, 0.15) is 5.01 Å². The smallest absolute Gasteiger partial charge is 0.416 e. The number of fused-ring (bicyclic) bond motifs is 1. The van der Waals surface area contributed by atoms with Crippen molar-refractivity contribution in [1.29, 1.82) is 0 Å².